The summed E-state index contributed by atoms with van der Waals surface area (Å²) >= 11 is 0. The van der Waals surface area contributed by atoms with Crippen molar-refractivity contribution in [2.75, 3.05) is 45.9 Å². The zero-order valence-electron chi connectivity index (χ0n) is 15.7. The molecule has 0 aliphatic carbocycles. The fourth-order valence-electron chi connectivity index (χ4n) is 2.97. The molecule has 1 fully saturated rings. The van der Waals surface area contributed by atoms with Gasteiger partial charge in [-0.15, -0.1) is 0 Å². The quantitative estimate of drug-likeness (QED) is 0.805. The highest BCUT2D eigenvalue weighted by atomic mass is 16.6. The van der Waals surface area contributed by atoms with Crippen LogP contribution in [-0.4, -0.2) is 78.5 Å². The Bertz CT molecular complexity index is 650. The van der Waals surface area contributed by atoms with Crippen molar-refractivity contribution in [1.29, 1.82) is 0 Å². The van der Waals surface area contributed by atoms with Gasteiger partial charge in [-0.3, -0.25) is 9.59 Å². The molecular formula is C19H27N3O4. The van der Waals surface area contributed by atoms with Crippen LogP contribution < -0.4 is 0 Å². The van der Waals surface area contributed by atoms with Crippen molar-refractivity contribution in [2.45, 2.75) is 20.8 Å². The number of hydrogen-bond acceptors (Lipinski definition) is 4. The molecule has 26 heavy (non-hydrogen) atoms. The number of ether oxygens (including phenoxy) is 1. The molecule has 1 saturated heterocycles. The van der Waals surface area contributed by atoms with Gasteiger partial charge in [0.15, 0.2) is 0 Å². The lowest BCUT2D eigenvalue weighted by molar-refractivity contribution is 0.0570. The molecule has 0 spiro atoms. The summed E-state index contributed by atoms with van der Waals surface area (Å²) in [5.41, 5.74) is 1.01. The van der Waals surface area contributed by atoms with Crippen molar-refractivity contribution >= 4 is 17.9 Å². The number of benzene rings is 1. The molecule has 1 aromatic carbocycles. The lowest BCUT2D eigenvalue weighted by Gasteiger charge is -2.34. The number of rotatable bonds is 5. The van der Waals surface area contributed by atoms with E-state index in [4.69, 9.17) is 4.74 Å². The highest BCUT2D eigenvalue weighted by Gasteiger charge is 2.26. The first-order chi connectivity index (χ1) is 12.5. The summed E-state index contributed by atoms with van der Waals surface area (Å²) in [6.07, 6.45) is -0.341. The zero-order valence-corrected chi connectivity index (χ0v) is 15.7. The molecule has 0 N–H and O–H groups in total. The fraction of sp³-hybridized carbons (Fsp3) is 0.526. The van der Waals surface area contributed by atoms with Gasteiger partial charge in [0.1, 0.15) is 0 Å². The first-order valence-corrected chi connectivity index (χ1v) is 9.12. The first-order valence-electron chi connectivity index (χ1n) is 9.12. The van der Waals surface area contributed by atoms with Crippen LogP contribution in [0.5, 0.6) is 0 Å². The van der Waals surface area contributed by atoms with E-state index in [1.165, 1.54) is 0 Å². The fourth-order valence-corrected chi connectivity index (χ4v) is 2.97. The van der Waals surface area contributed by atoms with E-state index in [0.29, 0.717) is 57.0 Å². The minimum Gasteiger partial charge on any atom is -0.450 e. The van der Waals surface area contributed by atoms with Gasteiger partial charge in [-0.2, -0.15) is 0 Å². The Hall–Kier alpha value is -2.57. The average Bonchev–Trinajstić information content (AvgIpc) is 2.68. The van der Waals surface area contributed by atoms with Crippen molar-refractivity contribution in [3.8, 4) is 0 Å². The number of hydrogen-bond donors (Lipinski definition) is 0. The average molecular weight is 361 g/mol. The van der Waals surface area contributed by atoms with E-state index in [9.17, 15) is 14.4 Å². The standard InChI is InChI=1S/C19H27N3O4/c1-4-20(5-2)17(23)15-8-7-9-16(14-15)18(24)21-10-12-22(13-11-21)19(25)26-6-3/h7-9,14H,4-6,10-13H2,1-3H3. The number of piperazine rings is 1. The summed E-state index contributed by atoms with van der Waals surface area (Å²) in [5.74, 6) is -0.195. The normalized spacial score (nSPS) is 14.1. The van der Waals surface area contributed by atoms with Crippen LogP contribution in [0.3, 0.4) is 0 Å². The van der Waals surface area contributed by atoms with Gasteiger partial charge in [0.05, 0.1) is 6.61 Å². The highest BCUT2D eigenvalue weighted by molar-refractivity contribution is 5.99. The monoisotopic (exact) mass is 361 g/mol. The van der Waals surface area contributed by atoms with E-state index in [1.54, 1.807) is 45.9 Å². The molecule has 0 aromatic heterocycles. The van der Waals surface area contributed by atoms with Crippen LogP contribution in [-0.2, 0) is 4.74 Å². The van der Waals surface area contributed by atoms with Crippen molar-refractivity contribution in [3.63, 3.8) is 0 Å². The second kappa shape index (κ2) is 9.22. The summed E-state index contributed by atoms with van der Waals surface area (Å²) in [5, 5.41) is 0. The van der Waals surface area contributed by atoms with Crippen LogP contribution in [0.1, 0.15) is 41.5 Å². The Morgan fingerprint density at radius 1 is 0.962 bits per heavy atom. The van der Waals surface area contributed by atoms with Crippen LogP contribution in [0, 0.1) is 0 Å². The number of nitrogens with zero attached hydrogens (tertiary/aromatic N) is 3. The van der Waals surface area contributed by atoms with Crippen molar-refractivity contribution in [1.82, 2.24) is 14.7 Å². The maximum atomic E-state index is 12.8. The summed E-state index contributed by atoms with van der Waals surface area (Å²) in [6.45, 7) is 9.02. The van der Waals surface area contributed by atoms with Crippen molar-refractivity contribution in [2.24, 2.45) is 0 Å². The molecule has 0 unspecified atom stereocenters. The van der Waals surface area contributed by atoms with Crippen LogP contribution >= 0.6 is 0 Å². The maximum Gasteiger partial charge on any atom is 0.409 e. The molecule has 1 aliphatic heterocycles. The predicted molar refractivity (Wildman–Crippen MR) is 98.2 cm³/mol. The lowest BCUT2D eigenvalue weighted by Crippen LogP contribution is -2.50. The van der Waals surface area contributed by atoms with E-state index in [-0.39, 0.29) is 17.9 Å². The summed E-state index contributed by atoms with van der Waals surface area (Å²) in [7, 11) is 0. The summed E-state index contributed by atoms with van der Waals surface area (Å²) in [4.78, 5) is 42.0. The minimum atomic E-state index is -0.341. The van der Waals surface area contributed by atoms with Gasteiger partial charge in [-0.25, -0.2) is 4.79 Å². The third kappa shape index (κ3) is 4.53. The number of amides is 3. The molecule has 1 heterocycles. The molecule has 142 valence electrons. The molecule has 0 saturated carbocycles. The van der Waals surface area contributed by atoms with E-state index in [1.807, 2.05) is 13.8 Å². The molecule has 0 atom stereocenters. The van der Waals surface area contributed by atoms with Gasteiger partial charge in [-0.1, -0.05) is 6.07 Å². The second-order valence-corrected chi connectivity index (χ2v) is 6.04. The van der Waals surface area contributed by atoms with Crippen molar-refractivity contribution < 1.29 is 19.1 Å². The minimum absolute atomic E-state index is 0.0724. The largest absolute Gasteiger partial charge is 0.450 e. The van der Waals surface area contributed by atoms with E-state index < -0.39 is 0 Å². The van der Waals surface area contributed by atoms with E-state index in [0.717, 1.165) is 0 Å². The topological polar surface area (TPSA) is 70.2 Å². The Morgan fingerprint density at radius 3 is 2.12 bits per heavy atom. The number of carbonyl (C=O) groups excluding carboxylic acids is 3. The zero-order chi connectivity index (χ0) is 19.1. The number of carbonyl (C=O) groups is 3. The highest BCUT2D eigenvalue weighted by Crippen LogP contribution is 2.13. The molecule has 0 radical (unpaired) electrons. The van der Waals surface area contributed by atoms with Gasteiger partial charge >= 0.3 is 6.09 Å². The molecule has 7 nitrogen and oxygen atoms in total. The molecule has 7 heteroatoms. The van der Waals surface area contributed by atoms with E-state index in [2.05, 4.69) is 0 Å². The molecule has 3 amide bonds. The van der Waals surface area contributed by atoms with Crippen LogP contribution in [0.4, 0.5) is 4.79 Å². The lowest BCUT2D eigenvalue weighted by atomic mass is 10.1. The molecule has 1 aliphatic rings. The Balaban J connectivity index is 2.03. The maximum absolute atomic E-state index is 12.8. The molecular weight excluding hydrogens is 334 g/mol. The molecule has 2 rings (SSSR count). The van der Waals surface area contributed by atoms with Crippen LogP contribution in [0.25, 0.3) is 0 Å². The van der Waals surface area contributed by atoms with Gasteiger partial charge in [0.25, 0.3) is 11.8 Å². The Labute approximate surface area is 154 Å². The molecule has 1 aromatic rings. The SMILES string of the molecule is CCOC(=O)N1CCN(C(=O)c2cccc(C(=O)N(CC)CC)c2)CC1. The summed E-state index contributed by atoms with van der Waals surface area (Å²) < 4.78 is 4.99. The second-order valence-electron chi connectivity index (χ2n) is 6.04. The third-order valence-corrected chi connectivity index (χ3v) is 4.50. The predicted octanol–water partition coefficient (Wildman–Crippen LogP) is 2.08. The van der Waals surface area contributed by atoms with Crippen LogP contribution in [0.2, 0.25) is 0 Å². The van der Waals surface area contributed by atoms with Crippen molar-refractivity contribution in [3.05, 3.63) is 35.4 Å². The third-order valence-electron chi connectivity index (χ3n) is 4.50. The molecule has 0 bridgehead atoms. The van der Waals surface area contributed by atoms with Gasteiger partial charge in [0.2, 0.25) is 0 Å². The van der Waals surface area contributed by atoms with Gasteiger partial charge < -0.3 is 19.4 Å². The first kappa shape index (κ1) is 19.8. The van der Waals surface area contributed by atoms with Crippen LogP contribution in [0.15, 0.2) is 24.3 Å². The Morgan fingerprint density at radius 2 is 1.54 bits per heavy atom. The van der Waals surface area contributed by atoms with Gasteiger partial charge in [-0.05, 0) is 39.0 Å². The summed E-state index contributed by atoms with van der Waals surface area (Å²) in [6, 6.07) is 6.84. The van der Waals surface area contributed by atoms with E-state index >= 15 is 0 Å². The van der Waals surface area contributed by atoms with Gasteiger partial charge in [0, 0.05) is 50.4 Å². The Kier molecular flexibility index (Phi) is 7.00. The smallest absolute Gasteiger partial charge is 0.409 e.